The lowest BCUT2D eigenvalue weighted by atomic mass is 10.1. The van der Waals surface area contributed by atoms with Crippen LogP contribution >= 0.6 is 0 Å². The van der Waals surface area contributed by atoms with Gasteiger partial charge in [-0.1, -0.05) is 0 Å². The molecule has 0 spiro atoms. The van der Waals surface area contributed by atoms with Gasteiger partial charge in [0.05, 0.1) is 18.6 Å². The van der Waals surface area contributed by atoms with Crippen LogP contribution in [0.15, 0.2) is 0 Å². The second-order valence-corrected chi connectivity index (χ2v) is 4.16. The number of ether oxygens (including phenoxy) is 1. The third-order valence-corrected chi connectivity index (χ3v) is 2.24. The first-order valence-electron chi connectivity index (χ1n) is 4.13. The van der Waals surface area contributed by atoms with Crippen molar-refractivity contribution in [3.63, 3.8) is 0 Å². The van der Waals surface area contributed by atoms with Gasteiger partial charge in [-0.05, 0) is 20.8 Å². The van der Waals surface area contributed by atoms with E-state index in [0.29, 0.717) is 6.61 Å². The molecular formula is C8H15NO4. The van der Waals surface area contributed by atoms with E-state index >= 15 is 0 Å². The number of hydrogen-bond donors (Lipinski definition) is 2. The molecule has 1 aliphatic heterocycles. The zero-order chi connectivity index (χ0) is 10.3. The number of carbonyl (C=O) groups is 1. The maximum atomic E-state index is 10.5. The van der Waals surface area contributed by atoms with Gasteiger partial charge in [0.25, 0.3) is 0 Å². The molecule has 0 radical (unpaired) electrons. The van der Waals surface area contributed by atoms with Gasteiger partial charge < -0.3 is 15.1 Å². The van der Waals surface area contributed by atoms with E-state index in [1.54, 1.807) is 20.8 Å². The molecule has 1 atom stereocenters. The lowest BCUT2D eigenvalue weighted by molar-refractivity contribution is -0.245. The molecule has 2 N–H and O–H groups in total. The van der Waals surface area contributed by atoms with Gasteiger partial charge in [0.1, 0.15) is 0 Å². The number of hydroxylamine groups is 2. The Labute approximate surface area is 76.9 Å². The monoisotopic (exact) mass is 189 g/mol. The molecule has 13 heavy (non-hydrogen) atoms. The van der Waals surface area contributed by atoms with Crippen LogP contribution in [-0.2, 0) is 9.53 Å². The number of aliphatic carboxylic acids is 1. The van der Waals surface area contributed by atoms with Crippen LogP contribution < -0.4 is 0 Å². The molecular weight excluding hydrogens is 174 g/mol. The Morgan fingerprint density at radius 3 is 2.38 bits per heavy atom. The van der Waals surface area contributed by atoms with E-state index < -0.39 is 17.2 Å². The highest BCUT2D eigenvalue weighted by molar-refractivity contribution is 5.68. The lowest BCUT2D eigenvalue weighted by Gasteiger charge is -2.33. The highest BCUT2D eigenvalue weighted by Gasteiger charge is 2.49. The highest BCUT2D eigenvalue weighted by Crippen LogP contribution is 2.34. The molecule has 1 fully saturated rings. The summed E-state index contributed by atoms with van der Waals surface area (Å²) in [4.78, 5) is 10.5. The van der Waals surface area contributed by atoms with Gasteiger partial charge in [-0.2, -0.15) is 5.06 Å². The average Bonchev–Trinajstić information content (AvgIpc) is 2.14. The second kappa shape index (κ2) is 2.94. The summed E-state index contributed by atoms with van der Waals surface area (Å²) in [7, 11) is 0. The summed E-state index contributed by atoms with van der Waals surface area (Å²) >= 11 is 0. The summed E-state index contributed by atoms with van der Waals surface area (Å²) in [6.45, 7) is 5.48. The van der Waals surface area contributed by atoms with Gasteiger partial charge in [-0.25, -0.2) is 0 Å². The Morgan fingerprint density at radius 2 is 2.08 bits per heavy atom. The minimum atomic E-state index is -1.10. The molecule has 0 saturated carbocycles. The molecule has 5 nitrogen and oxygen atoms in total. The Hall–Kier alpha value is -0.650. The van der Waals surface area contributed by atoms with Crippen LogP contribution in [0.5, 0.6) is 0 Å². The summed E-state index contributed by atoms with van der Waals surface area (Å²) in [5.41, 5.74) is -1.63. The molecule has 1 rings (SSSR count). The predicted molar refractivity (Wildman–Crippen MR) is 44.3 cm³/mol. The second-order valence-electron chi connectivity index (χ2n) is 4.16. The first-order valence-corrected chi connectivity index (χ1v) is 4.13. The van der Waals surface area contributed by atoms with Crippen molar-refractivity contribution < 1.29 is 19.8 Å². The Balaban J connectivity index is 2.77. The SMILES string of the molecule is CC1(C)COC(C)(CC(=O)O)N1O. The molecule has 1 heterocycles. The molecule has 0 aromatic heterocycles. The topological polar surface area (TPSA) is 70.0 Å². The van der Waals surface area contributed by atoms with Crippen LogP contribution in [0.2, 0.25) is 0 Å². The summed E-state index contributed by atoms with van der Waals surface area (Å²) < 4.78 is 5.27. The van der Waals surface area contributed by atoms with Crippen LogP contribution in [0.4, 0.5) is 0 Å². The van der Waals surface area contributed by atoms with Crippen molar-refractivity contribution in [2.75, 3.05) is 6.61 Å². The fraction of sp³-hybridized carbons (Fsp3) is 0.875. The molecule has 5 heteroatoms. The van der Waals surface area contributed by atoms with Crippen molar-refractivity contribution in [2.24, 2.45) is 0 Å². The number of carboxylic acids is 1. The zero-order valence-corrected chi connectivity index (χ0v) is 8.07. The Bertz CT molecular complexity index is 228. The fourth-order valence-corrected chi connectivity index (χ4v) is 1.50. The van der Waals surface area contributed by atoms with Gasteiger partial charge in [0.2, 0.25) is 0 Å². The molecule has 1 aliphatic rings. The normalized spacial score (nSPS) is 33.5. The maximum Gasteiger partial charge on any atom is 0.307 e. The van der Waals surface area contributed by atoms with E-state index in [1.807, 2.05) is 0 Å². The number of carboxylic acid groups (broad SMARTS) is 1. The van der Waals surface area contributed by atoms with E-state index in [-0.39, 0.29) is 6.42 Å². The molecule has 0 aliphatic carbocycles. The van der Waals surface area contributed by atoms with Gasteiger partial charge in [-0.3, -0.25) is 4.79 Å². The van der Waals surface area contributed by atoms with Crippen molar-refractivity contribution in [3.8, 4) is 0 Å². The van der Waals surface area contributed by atoms with Crippen molar-refractivity contribution >= 4 is 5.97 Å². The van der Waals surface area contributed by atoms with Crippen molar-refractivity contribution in [3.05, 3.63) is 0 Å². The van der Waals surface area contributed by atoms with Gasteiger partial charge in [0.15, 0.2) is 5.72 Å². The third-order valence-electron chi connectivity index (χ3n) is 2.24. The molecule has 76 valence electrons. The van der Waals surface area contributed by atoms with Gasteiger partial charge in [0, 0.05) is 0 Å². The van der Waals surface area contributed by atoms with E-state index in [0.717, 1.165) is 5.06 Å². The zero-order valence-electron chi connectivity index (χ0n) is 8.07. The van der Waals surface area contributed by atoms with Crippen LogP contribution in [0, 0.1) is 0 Å². The Morgan fingerprint density at radius 1 is 1.54 bits per heavy atom. The maximum absolute atomic E-state index is 10.5. The minimum absolute atomic E-state index is 0.229. The first kappa shape index (κ1) is 10.4. The largest absolute Gasteiger partial charge is 0.481 e. The molecule has 0 amide bonds. The molecule has 1 unspecified atom stereocenters. The molecule has 1 saturated heterocycles. The van der Waals surface area contributed by atoms with E-state index in [9.17, 15) is 10.0 Å². The van der Waals surface area contributed by atoms with Gasteiger partial charge >= 0.3 is 5.97 Å². The summed E-state index contributed by atoms with van der Waals surface area (Å²) in [5.74, 6) is -0.987. The smallest absolute Gasteiger partial charge is 0.307 e. The van der Waals surface area contributed by atoms with Crippen molar-refractivity contribution in [1.29, 1.82) is 0 Å². The predicted octanol–water partition coefficient (Wildman–Crippen LogP) is 0.677. The molecule has 0 aromatic carbocycles. The molecule has 0 bridgehead atoms. The number of nitrogens with zero attached hydrogens (tertiary/aromatic N) is 1. The van der Waals surface area contributed by atoms with Crippen molar-refractivity contribution in [1.82, 2.24) is 5.06 Å². The van der Waals surface area contributed by atoms with Crippen LogP contribution in [0.25, 0.3) is 0 Å². The summed E-state index contributed by atoms with van der Waals surface area (Å²) in [6, 6.07) is 0. The summed E-state index contributed by atoms with van der Waals surface area (Å²) in [5, 5.41) is 19.3. The van der Waals surface area contributed by atoms with Crippen LogP contribution in [0.3, 0.4) is 0 Å². The Kier molecular flexibility index (Phi) is 2.36. The highest BCUT2D eigenvalue weighted by atomic mass is 16.6. The first-order chi connectivity index (χ1) is 5.78. The standard InChI is InChI=1S/C8H15NO4/c1-7(2)5-13-8(3,9(7)12)4-6(10)11/h12H,4-5H2,1-3H3,(H,10,11). The third kappa shape index (κ3) is 1.82. The summed E-state index contributed by atoms with van der Waals surface area (Å²) in [6.07, 6.45) is -0.229. The fourth-order valence-electron chi connectivity index (χ4n) is 1.50. The molecule has 0 aromatic rings. The van der Waals surface area contributed by atoms with Crippen LogP contribution in [0.1, 0.15) is 27.2 Å². The van der Waals surface area contributed by atoms with Crippen LogP contribution in [-0.4, -0.2) is 39.2 Å². The van der Waals surface area contributed by atoms with E-state index in [4.69, 9.17) is 9.84 Å². The minimum Gasteiger partial charge on any atom is -0.481 e. The quantitative estimate of drug-likeness (QED) is 0.668. The van der Waals surface area contributed by atoms with Gasteiger partial charge in [-0.15, -0.1) is 0 Å². The van der Waals surface area contributed by atoms with E-state index in [1.165, 1.54) is 0 Å². The lowest BCUT2D eigenvalue weighted by Crippen LogP contribution is -2.49. The average molecular weight is 189 g/mol. The van der Waals surface area contributed by atoms with Crippen molar-refractivity contribution in [2.45, 2.75) is 38.5 Å². The van der Waals surface area contributed by atoms with E-state index in [2.05, 4.69) is 0 Å². The number of hydrogen-bond acceptors (Lipinski definition) is 4. The number of rotatable bonds is 2.